The molecular formula is C19H20O5. The zero-order chi connectivity index (χ0) is 16.8. The van der Waals surface area contributed by atoms with Gasteiger partial charge in [0.05, 0.1) is 13.7 Å². The largest absolute Gasteiger partial charge is 0.493 e. The first-order valence-electron chi connectivity index (χ1n) is 7.83. The van der Waals surface area contributed by atoms with Crippen LogP contribution in [0.1, 0.15) is 15.9 Å². The van der Waals surface area contributed by atoms with Crippen molar-refractivity contribution in [3.05, 3.63) is 59.7 Å². The van der Waals surface area contributed by atoms with Crippen LogP contribution in [0.5, 0.6) is 11.5 Å². The van der Waals surface area contributed by atoms with E-state index in [4.69, 9.17) is 18.9 Å². The second kappa shape index (κ2) is 7.95. The third kappa shape index (κ3) is 3.93. The van der Waals surface area contributed by atoms with E-state index < -0.39 is 0 Å². The first kappa shape index (κ1) is 16.5. The van der Waals surface area contributed by atoms with Crippen LogP contribution in [0, 0.1) is 0 Å². The lowest BCUT2D eigenvalue weighted by Crippen LogP contribution is -2.35. The highest BCUT2D eigenvalue weighted by Gasteiger charge is 2.29. The lowest BCUT2D eigenvalue weighted by molar-refractivity contribution is -0.000239. The molecule has 126 valence electrons. The predicted molar refractivity (Wildman–Crippen MR) is 88.6 cm³/mol. The quantitative estimate of drug-likeness (QED) is 0.732. The smallest absolute Gasteiger partial charge is 0.161 e. The minimum Gasteiger partial charge on any atom is -0.493 e. The molecular weight excluding hydrogens is 308 g/mol. The number of aldehydes is 1. The predicted octanol–water partition coefficient (Wildman–Crippen LogP) is 2.87. The third-order valence-electron chi connectivity index (χ3n) is 3.94. The van der Waals surface area contributed by atoms with Gasteiger partial charge in [-0.2, -0.15) is 0 Å². The summed E-state index contributed by atoms with van der Waals surface area (Å²) in [6.45, 7) is 0.771. The van der Waals surface area contributed by atoms with Crippen molar-refractivity contribution in [2.45, 2.75) is 18.6 Å². The number of methoxy groups -OCH3 is 1. The molecule has 1 aliphatic rings. The van der Waals surface area contributed by atoms with Gasteiger partial charge in [0, 0.05) is 12.0 Å². The molecule has 2 atom stereocenters. The van der Waals surface area contributed by atoms with Crippen molar-refractivity contribution in [3.63, 3.8) is 0 Å². The first-order valence-corrected chi connectivity index (χ1v) is 7.83. The van der Waals surface area contributed by atoms with Gasteiger partial charge in [-0.25, -0.2) is 0 Å². The summed E-state index contributed by atoms with van der Waals surface area (Å²) in [6.07, 6.45) is 1.10. The van der Waals surface area contributed by atoms with E-state index in [2.05, 4.69) is 12.1 Å². The van der Waals surface area contributed by atoms with Crippen LogP contribution in [-0.4, -0.2) is 39.0 Å². The Labute approximate surface area is 141 Å². The molecule has 5 heteroatoms. The van der Waals surface area contributed by atoms with Crippen LogP contribution >= 0.6 is 0 Å². The molecule has 3 rings (SSSR count). The van der Waals surface area contributed by atoms with Crippen molar-refractivity contribution in [2.75, 3.05) is 20.5 Å². The van der Waals surface area contributed by atoms with Gasteiger partial charge >= 0.3 is 0 Å². The summed E-state index contributed by atoms with van der Waals surface area (Å²) < 4.78 is 22.5. The normalized spacial score (nSPS) is 18.1. The van der Waals surface area contributed by atoms with Gasteiger partial charge in [0.15, 0.2) is 11.5 Å². The van der Waals surface area contributed by atoms with Gasteiger partial charge in [-0.3, -0.25) is 4.79 Å². The standard InChI is InChI=1S/C19H20O5/c1-21-17-10-15(11-20)7-8-16(17)24-18(19-12-22-13-23-19)9-14-5-3-2-4-6-14/h2-8,10-11,18-19H,9,12-13H2,1H3. The molecule has 0 spiro atoms. The second-order valence-corrected chi connectivity index (χ2v) is 5.57. The van der Waals surface area contributed by atoms with Gasteiger partial charge in [0.25, 0.3) is 0 Å². The minimum atomic E-state index is -0.217. The van der Waals surface area contributed by atoms with Crippen molar-refractivity contribution < 1.29 is 23.7 Å². The molecule has 2 aromatic carbocycles. The molecule has 0 saturated carbocycles. The van der Waals surface area contributed by atoms with Crippen LogP contribution in [-0.2, 0) is 15.9 Å². The number of rotatable bonds is 7. The summed E-state index contributed by atoms with van der Waals surface area (Å²) in [5, 5.41) is 0. The van der Waals surface area contributed by atoms with Crippen LogP contribution < -0.4 is 9.47 Å². The Morgan fingerprint density at radius 1 is 1.21 bits per heavy atom. The summed E-state index contributed by atoms with van der Waals surface area (Å²) in [5.41, 5.74) is 1.70. The molecule has 0 aliphatic carbocycles. The van der Waals surface area contributed by atoms with E-state index in [1.165, 1.54) is 0 Å². The zero-order valence-corrected chi connectivity index (χ0v) is 13.5. The fourth-order valence-electron chi connectivity index (χ4n) is 2.68. The van der Waals surface area contributed by atoms with Gasteiger partial charge < -0.3 is 18.9 Å². The number of ether oxygens (including phenoxy) is 4. The van der Waals surface area contributed by atoms with Crippen LogP contribution in [0.25, 0.3) is 0 Å². The van der Waals surface area contributed by atoms with E-state index in [1.807, 2.05) is 18.2 Å². The number of carbonyl (C=O) groups is 1. The lowest BCUT2D eigenvalue weighted by Gasteiger charge is -2.24. The summed E-state index contributed by atoms with van der Waals surface area (Å²) in [7, 11) is 1.55. The molecule has 0 aromatic heterocycles. The summed E-state index contributed by atoms with van der Waals surface area (Å²) in [4.78, 5) is 10.9. The maximum absolute atomic E-state index is 10.9. The molecule has 1 heterocycles. The molecule has 2 unspecified atom stereocenters. The molecule has 0 amide bonds. The average molecular weight is 328 g/mol. The van der Waals surface area contributed by atoms with Crippen LogP contribution in [0.15, 0.2) is 48.5 Å². The molecule has 5 nitrogen and oxygen atoms in total. The van der Waals surface area contributed by atoms with Gasteiger partial charge in [-0.15, -0.1) is 0 Å². The van der Waals surface area contributed by atoms with Crippen molar-refractivity contribution in [2.24, 2.45) is 0 Å². The van der Waals surface area contributed by atoms with Gasteiger partial charge in [-0.1, -0.05) is 30.3 Å². The second-order valence-electron chi connectivity index (χ2n) is 5.57. The van der Waals surface area contributed by atoms with Gasteiger partial charge in [0.1, 0.15) is 25.3 Å². The Kier molecular flexibility index (Phi) is 5.46. The Morgan fingerprint density at radius 3 is 2.71 bits per heavy atom. The summed E-state index contributed by atoms with van der Waals surface area (Å²) in [5.74, 6) is 1.11. The molecule has 0 bridgehead atoms. The van der Waals surface area contributed by atoms with E-state index >= 15 is 0 Å². The summed E-state index contributed by atoms with van der Waals surface area (Å²) >= 11 is 0. The van der Waals surface area contributed by atoms with Crippen molar-refractivity contribution >= 4 is 6.29 Å². The Hall–Kier alpha value is -2.37. The fourth-order valence-corrected chi connectivity index (χ4v) is 2.68. The third-order valence-corrected chi connectivity index (χ3v) is 3.94. The number of hydrogen-bond acceptors (Lipinski definition) is 5. The fraction of sp³-hybridized carbons (Fsp3) is 0.316. The number of benzene rings is 2. The lowest BCUT2D eigenvalue weighted by atomic mass is 10.0. The highest BCUT2D eigenvalue weighted by Crippen LogP contribution is 2.30. The molecule has 2 aromatic rings. The minimum absolute atomic E-state index is 0.152. The number of carbonyl (C=O) groups excluding carboxylic acids is 1. The highest BCUT2D eigenvalue weighted by atomic mass is 16.7. The summed E-state index contributed by atoms with van der Waals surface area (Å²) in [6, 6.07) is 15.2. The number of hydrogen-bond donors (Lipinski definition) is 0. The van der Waals surface area contributed by atoms with E-state index in [9.17, 15) is 4.79 Å². The topological polar surface area (TPSA) is 54.0 Å². The van der Waals surface area contributed by atoms with E-state index in [0.29, 0.717) is 30.1 Å². The molecule has 1 aliphatic heterocycles. The van der Waals surface area contributed by atoms with Crippen LogP contribution in [0.3, 0.4) is 0 Å². The van der Waals surface area contributed by atoms with E-state index in [0.717, 1.165) is 11.8 Å². The van der Waals surface area contributed by atoms with E-state index in [1.54, 1.807) is 25.3 Å². The van der Waals surface area contributed by atoms with Crippen LogP contribution in [0.2, 0.25) is 0 Å². The molecule has 0 N–H and O–H groups in total. The zero-order valence-electron chi connectivity index (χ0n) is 13.5. The van der Waals surface area contributed by atoms with E-state index in [-0.39, 0.29) is 19.0 Å². The highest BCUT2D eigenvalue weighted by molar-refractivity contribution is 5.76. The first-order chi connectivity index (χ1) is 11.8. The molecule has 1 fully saturated rings. The molecule has 24 heavy (non-hydrogen) atoms. The van der Waals surface area contributed by atoms with Crippen LogP contribution in [0.4, 0.5) is 0 Å². The Bertz CT molecular complexity index is 665. The van der Waals surface area contributed by atoms with Gasteiger partial charge in [0.2, 0.25) is 0 Å². The average Bonchev–Trinajstić information content (AvgIpc) is 3.17. The van der Waals surface area contributed by atoms with Gasteiger partial charge in [-0.05, 0) is 23.8 Å². The van der Waals surface area contributed by atoms with Crippen molar-refractivity contribution in [1.82, 2.24) is 0 Å². The maximum Gasteiger partial charge on any atom is 0.161 e. The van der Waals surface area contributed by atoms with Crippen molar-refractivity contribution in [1.29, 1.82) is 0 Å². The SMILES string of the molecule is COc1cc(C=O)ccc1OC(Cc1ccccc1)C1COCO1. The molecule has 1 saturated heterocycles. The van der Waals surface area contributed by atoms with Crippen molar-refractivity contribution in [3.8, 4) is 11.5 Å². The Morgan fingerprint density at radius 2 is 2.04 bits per heavy atom. The maximum atomic E-state index is 10.9. The molecule has 0 radical (unpaired) electrons. The Balaban J connectivity index is 1.82. The monoisotopic (exact) mass is 328 g/mol.